The number of aliphatic hydroxyl groups is 1. The van der Waals surface area contributed by atoms with E-state index in [2.05, 4.69) is 0 Å². The second-order valence-electron chi connectivity index (χ2n) is 3.57. The predicted octanol–water partition coefficient (Wildman–Crippen LogP) is -0.316. The number of alkyl halides is 3. The summed E-state index contributed by atoms with van der Waals surface area (Å²) in [5.74, 6) is -1.78. The van der Waals surface area contributed by atoms with Gasteiger partial charge in [0.2, 0.25) is 0 Å². The van der Waals surface area contributed by atoms with E-state index in [1.54, 1.807) is 11.9 Å². The van der Waals surface area contributed by atoms with E-state index in [9.17, 15) is 18.0 Å². The van der Waals surface area contributed by atoms with Gasteiger partial charge in [0.1, 0.15) is 0 Å². The fraction of sp³-hybridized carbons (Fsp3) is 0.875. The van der Waals surface area contributed by atoms with Crippen molar-refractivity contribution in [1.82, 2.24) is 9.80 Å². The van der Waals surface area contributed by atoms with Gasteiger partial charge in [-0.25, -0.2) is 0 Å². The molecule has 0 atom stereocenters. The molecule has 1 saturated heterocycles. The van der Waals surface area contributed by atoms with Gasteiger partial charge >= 0.3 is 12.1 Å². The van der Waals surface area contributed by atoms with Gasteiger partial charge in [-0.05, 0) is 7.05 Å². The lowest BCUT2D eigenvalue weighted by molar-refractivity contribution is -0.192. The number of aliphatic hydroxyl groups excluding tert-OH is 1. The number of hydrogen-bond acceptors (Lipinski definition) is 3. The molecule has 0 bridgehead atoms. The van der Waals surface area contributed by atoms with Crippen molar-refractivity contribution in [2.75, 3.05) is 33.3 Å². The molecule has 4 nitrogen and oxygen atoms in total. The summed E-state index contributed by atoms with van der Waals surface area (Å²) >= 11 is 0. The van der Waals surface area contributed by atoms with Crippen molar-refractivity contribution in [2.24, 2.45) is 0 Å². The highest BCUT2D eigenvalue weighted by molar-refractivity contribution is 5.82. The maximum absolute atomic E-state index is 12.0. The van der Waals surface area contributed by atoms with Crippen LogP contribution in [-0.2, 0) is 4.79 Å². The van der Waals surface area contributed by atoms with E-state index in [0.717, 1.165) is 4.90 Å². The number of rotatable bonds is 3. The van der Waals surface area contributed by atoms with Gasteiger partial charge in [-0.3, -0.25) is 9.69 Å². The summed E-state index contributed by atoms with van der Waals surface area (Å²) in [5.41, 5.74) is 0. The molecule has 1 heterocycles. The quantitative estimate of drug-likeness (QED) is 0.717. The third-order valence-electron chi connectivity index (χ3n) is 2.47. The predicted molar refractivity (Wildman–Crippen MR) is 46.1 cm³/mol. The Bertz CT molecular complexity index is 239. The van der Waals surface area contributed by atoms with E-state index in [1.165, 1.54) is 0 Å². The van der Waals surface area contributed by atoms with Gasteiger partial charge in [0, 0.05) is 25.7 Å². The standard InChI is InChI=1S/C8H13F3N2O2/c1-12(2-3-14)6-4-13(5-6)7(15)8(9,10)11/h6,14H,2-5H2,1H3. The van der Waals surface area contributed by atoms with Crippen LogP contribution in [0, 0.1) is 0 Å². The Morgan fingerprint density at radius 2 is 2.07 bits per heavy atom. The SMILES string of the molecule is CN(CCO)C1CN(C(=O)C(F)(F)F)C1. The van der Waals surface area contributed by atoms with Gasteiger partial charge in [0.15, 0.2) is 0 Å². The van der Waals surface area contributed by atoms with E-state index in [0.29, 0.717) is 6.54 Å². The Hall–Kier alpha value is -0.820. The first kappa shape index (κ1) is 12.3. The molecule has 1 aliphatic rings. The Balaban J connectivity index is 2.34. The molecule has 0 spiro atoms. The number of amides is 1. The van der Waals surface area contributed by atoms with Crippen molar-refractivity contribution in [3.8, 4) is 0 Å². The maximum Gasteiger partial charge on any atom is 0.471 e. The van der Waals surface area contributed by atoms with Crippen LogP contribution in [0.3, 0.4) is 0 Å². The monoisotopic (exact) mass is 226 g/mol. The highest BCUT2D eigenvalue weighted by atomic mass is 19.4. The first-order valence-corrected chi connectivity index (χ1v) is 4.53. The number of carbonyl (C=O) groups is 1. The Kier molecular flexibility index (Phi) is 3.56. The summed E-state index contributed by atoms with van der Waals surface area (Å²) < 4.78 is 35.9. The minimum Gasteiger partial charge on any atom is -0.395 e. The van der Waals surface area contributed by atoms with E-state index >= 15 is 0 Å². The molecular formula is C8H13F3N2O2. The van der Waals surface area contributed by atoms with Crippen LogP contribution in [-0.4, -0.2) is 66.3 Å². The minimum atomic E-state index is -4.78. The van der Waals surface area contributed by atoms with Crippen molar-refractivity contribution >= 4 is 5.91 Å². The zero-order chi connectivity index (χ0) is 11.6. The molecule has 1 N–H and O–H groups in total. The fourth-order valence-corrected chi connectivity index (χ4v) is 1.42. The number of hydrogen-bond donors (Lipinski definition) is 1. The van der Waals surface area contributed by atoms with E-state index < -0.39 is 12.1 Å². The van der Waals surface area contributed by atoms with Gasteiger partial charge < -0.3 is 10.0 Å². The molecule has 0 saturated carbocycles. The number of nitrogens with zero attached hydrogens (tertiary/aromatic N) is 2. The third-order valence-corrected chi connectivity index (χ3v) is 2.47. The lowest BCUT2D eigenvalue weighted by atomic mass is 10.1. The van der Waals surface area contributed by atoms with Gasteiger partial charge in [-0.1, -0.05) is 0 Å². The average Bonchev–Trinajstić information content (AvgIpc) is 1.99. The van der Waals surface area contributed by atoms with Crippen LogP contribution in [0.4, 0.5) is 13.2 Å². The molecule has 1 fully saturated rings. The molecule has 0 unspecified atom stereocenters. The summed E-state index contributed by atoms with van der Waals surface area (Å²) in [6, 6.07) is -0.0801. The van der Waals surface area contributed by atoms with Gasteiger partial charge in [-0.15, -0.1) is 0 Å². The van der Waals surface area contributed by atoms with Crippen LogP contribution >= 0.6 is 0 Å². The number of likely N-dealkylation sites (tertiary alicyclic amines) is 1. The van der Waals surface area contributed by atoms with Crippen LogP contribution in [0.5, 0.6) is 0 Å². The molecule has 7 heteroatoms. The summed E-state index contributed by atoms with van der Waals surface area (Å²) in [5, 5.41) is 8.61. The second-order valence-corrected chi connectivity index (χ2v) is 3.57. The summed E-state index contributed by atoms with van der Waals surface area (Å²) in [4.78, 5) is 13.2. The molecule has 1 amide bonds. The summed E-state index contributed by atoms with van der Waals surface area (Å²) in [7, 11) is 1.70. The molecule has 1 aliphatic heterocycles. The Morgan fingerprint density at radius 3 is 2.47 bits per heavy atom. The van der Waals surface area contributed by atoms with Crippen LogP contribution in [0.25, 0.3) is 0 Å². The topological polar surface area (TPSA) is 43.8 Å². The lowest BCUT2D eigenvalue weighted by Gasteiger charge is -2.43. The zero-order valence-electron chi connectivity index (χ0n) is 8.29. The molecular weight excluding hydrogens is 213 g/mol. The third kappa shape index (κ3) is 2.82. The maximum atomic E-state index is 12.0. The Labute approximate surface area is 85.3 Å². The molecule has 0 radical (unpaired) electrons. The molecule has 0 aromatic heterocycles. The number of likely N-dealkylation sites (N-methyl/N-ethyl adjacent to an activating group) is 1. The number of halogens is 3. The molecule has 0 aromatic rings. The Morgan fingerprint density at radius 1 is 1.53 bits per heavy atom. The van der Waals surface area contributed by atoms with Crippen molar-refractivity contribution in [3.05, 3.63) is 0 Å². The first-order chi connectivity index (χ1) is 6.86. The fourth-order valence-electron chi connectivity index (χ4n) is 1.42. The van der Waals surface area contributed by atoms with Gasteiger partial charge in [-0.2, -0.15) is 13.2 Å². The highest BCUT2D eigenvalue weighted by Crippen LogP contribution is 2.23. The average molecular weight is 226 g/mol. The van der Waals surface area contributed by atoms with Crippen molar-refractivity contribution in [3.63, 3.8) is 0 Å². The lowest BCUT2D eigenvalue weighted by Crippen LogP contribution is -2.62. The van der Waals surface area contributed by atoms with E-state index in [1.807, 2.05) is 0 Å². The molecule has 15 heavy (non-hydrogen) atoms. The minimum absolute atomic E-state index is 0.0415. The molecule has 0 aromatic carbocycles. The first-order valence-electron chi connectivity index (χ1n) is 4.53. The van der Waals surface area contributed by atoms with Crippen LogP contribution < -0.4 is 0 Å². The van der Waals surface area contributed by atoms with Crippen molar-refractivity contribution in [1.29, 1.82) is 0 Å². The smallest absolute Gasteiger partial charge is 0.395 e. The molecule has 0 aliphatic carbocycles. The second kappa shape index (κ2) is 4.36. The van der Waals surface area contributed by atoms with Gasteiger partial charge in [0.25, 0.3) is 0 Å². The molecule has 1 rings (SSSR count). The highest BCUT2D eigenvalue weighted by Gasteiger charge is 2.47. The van der Waals surface area contributed by atoms with Gasteiger partial charge in [0.05, 0.1) is 6.61 Å². The summed E-state index contributed by atoms with van der Waals surface area (Å²) in [6.07, 6.45) is -4.78. The zero-order valence-corrected chi connectivity index (χ0v) is 8.29. The molecule has 88 valence electrons. The normalized spacial score (nSPS) is 18.1. The van der Waals surface area contributed by atoms with Crippen LogP contribution in [0.2, 0.25) is 0 Å². The van der Waals surface area contributed by atoms with E-state index in [-0.39, 0.29) is 25.7 Å². The van der Waals surface area contributed by atoms with Crippen LogP contribution in [0.15, 0.2) is 0 Å². The van der Waals surface area contributed by atoms with Crippen molar-refractivity contribution in [2.45, 2.75) is 12.2 Å². The summed E-state index contributed by atoms with van der Waals surface area (Å²) in [6.45, 7) is 0.516. The van der Waals surface area contributed by atoms with Crippen LogP contribution in [0.1, 0.15) is 0 Å². The van der Waals surface area contributed by atoms with E-state index in [4.69, 9.17) is 5.11 Å². The van der Waals surface area contributed by atoms with Crippen molar-refractivity contribution < 1.29 is 23.1 Å². The largest absolute Gasteiger partial charge is 0.471 e. The number of carbonyl (C=O) groups excluding carboxylic acids is 1.